The summed E-state index contributed by atoms with van der Waals surface area (Å²) in [5.41, 5.74) is -0.834. The molecular formula is C19H24N2O5S. The van der Waals surface area contributed by atoms with Gasteiger partial charge in [-0.2, -0.15) is 0 Å². The lowest BCUT2D eigenvalue weighted by Gasteiger charge is -2.26. The lowest BCUT2D eigenvalue weighted by molar-refractivity contribution is -0.118. The van der Waals surface area contributed by atoms with Crippen LogP contribution in [-0.2, 0) is 20.4 Å². The lowest BCUT2D eigenvalue weighted by atomic mass is 9.95. The van der Waals surface area contributed by atoms with E-state index in [4.69, 9.17) is 4.42 Å². The van der Waals surface area contributed by atoms with Crippen molar-refractivity contribution in [3.05, 3.63) is 48.4 Å². The van der Waals surface area contributed by atoms with E-state index >= 15 is 0 Å². The molecule has 27 heavy (non-hydrogen) atoms. The molecule has 0 radical (unpaired) electrons. The van der Waals surface area contributed by atoms with E-state index in [1.807, 2.05) is 0 Å². The minimum atomic E-state index is -3.82. The molecule has 1 atom stereocenters. The summed E-state index contributed by atoms with van der Waals surface area (Å²) in [4.78, 5) is 11.8. The minimum Gasteiger partial charge on any atom is -0.466 e. The Morgan fingerprint density at radius 2 is 1.93 bits per heavy atom. The van der Waals surface area contributed by atoms with Crippen LogP contribution in [0.15, 0.2) is 52.0 Å². The van der Waals surface area contributed by atoms with Crippen LogP contribution in [0.2, 0.25) is 0 Å². The lowest BCUT2D eigenvalue weighted by Crippen LogP contribution is -2.42. The van der Waals surface area contributed by atoms with Gasteiger partial charge in [-0.05, 0) is 55.2 Å². The summed E-state index contributed by atoms with van der Waals surface area (Å²) in [5.74, 6) is 0.0212. The summed E-state index contributed by atoms with van der Waals surface area (Å²) >= 11 is 0. The van der Waals surface area contributed by atoms with Crippen LogP contribution in [0.5, 0.6) is 0 Å². The van der Waals surface area contributed by atoms with E-state index < -0.39 is 15.6 Å². The van der Waals surface area contributed by atoms with Crippen molar-refractivity contribution in [1.82, 2.24) is 4.72 Å². The van der Waals surface area contributed by atoms with E-state index in [9.17, 15) is 18.3 Å². The minimum absolute atomic E-state index is 0.0278. The molecule has 1 aromatic heterocycles. The second kappa shape index (κ2) is 7.46. The van der Waals surface area contributed by atoms with Crippen LogP contribution < -0.4 is 10.0 Å². The number of nitrogens with one attached hydrogen (secondary N) is 2. The number of amides is 1. The van der Waals surface area contributed by atoms with E-state index in [1.165, 1.54) is 30.5 Å². The summed E-state index contributed by atoms with van der Waals surface area (Å²) < 4.78 is 33.0. The number of hydrogen-bond donors (Lipinski definition) is 3. The average Bonchev–Trinajstić information content (AvgIpc) is 3.35. The number of benzene rings is 1. The fraction of sp³-hybridized carbons (Fsp3) is 0.421. The van der Waals surface area contributed by atoms with Crippen molar-refractivity contribution in [3.8, 4) is 0 Å². The highest BCUT2D eigenvalue weighted by molar-refractivity contribution is 7.89. The molecule has 3 N–H and O–H groups in total. The highest BCUT2D eigenvalue weighted by Crippen LogP contribution is 2.45. The van der Waals surface area contributed by atoms with Gasteiger partial charge in [-0.15, -0.1) is 0 Å². The van der Waals surface area contributed by atoms with Crippen LogP contribution in [0.3, 0.4) is 0 Å². The number of hydrogen-bond acceptors (Lipinski definition) is 5. The second-order valence-corrected chi connectivity index (χ2v) is 8.94. The Hall–Kier alpha value is -2.16. The molecule has 0 spiro atoms. The van der Waals surface area contributed by atoms with Crippen LogP contribution in [-0.4, -0.2) is 26.0 Å². The Balaban J connectivity index is 1.70. The molecule has 0 aliphatic heterocycles. The second-order valence-electron chi connectivity index (χ2n) is 7.17. The SMILES string of the molecule is CC(C)C(=O)Nc1ccc(S(=O)(=O)NCC(O)(c2ccco2)C2CC2)cc1. The molecule has 2 aromatic rings. The van der Waals surface area contributed by atoms with Crippen LogP contribution >= 0.6 is 0 Å². The number of carbonyl (C=O) groups is 1. The van der Waals surface area contributed by atoms with Gasteiger partial charge in [0, 0.05) is 18.2 Å². The molecule has 1 aliphatic rings. The first kappa shape index (κ1) is 19.6. The average molecular weight is 392 g/mol. The van der Waals surface area contributed by atoms with Crippen molar-refractivity contribution in [2.75, 3.05) is 11.9 Å². The maximum atomic E-state index is 12.6. The Morgan fingerprint density at radius 1 is 1.26 bits per heavy atom. The van der Waals surface area contributed by atoms with Gasteiger partial charge in [-0.3, -0.25) is 4.79 Å². The summed E-state index contributed by atoms with van der Waals surface area (Å²) in [7, 11) is -3.82. The summed E-state index contributed by atoms with van der Waals surface area (Å²) in [6.45, 7) is 3.38. The van der Waals surface area contributed by atoms with Gasteiger partial charge in [-0.1, -0.05) is 13.8 Å². The molecule has 8 heteroatoms. The molecule has 1 heterocycles. The summed E-state index contributed by atoms with van der Waals surface area (Å²) in [6, 6.07) is 9.23. The van der Waals surface area contributed by atoms with Gasteiger partial charge in [-0.25, -0.2) is 13.1 Å². The quantitative estimate of drug-likeness (QED) is 0.639. The molecule has 1 amide bonds. The molecule has 1 aliphatic carbocycles. The first-order chi connectivity index (χ1) is 12.7. The van der Waals surface area contributed by atoms with Gasteiger partial charge in [0.15, 0.2) is 0 Å². The molecule has 1 unspecified atom stereocenters. The highest BCUT2D eigenvalue weighted by atomic mass is 32.2. The van der Waals surface area contributed by atoms with E-state index in [0.717, 1.165) is 12.8 Å². The molecule has 1 aromatic carbocycles. The van der Waals surface area contributed by atoms with Gasteiger partial charge in [0.1, 0.15) is 11.4 Å². The third-order valence-electron chi connectivity index (χ3n) is 4.69. The van der Waals surface area contributed by atoms with E-state index in [1.54, 1.807) is 26.0 Å². The Morgan fingerprint density at radius 3 is 2.44 bits per heavy atom. The molecule has 1 fully saturated rings. The number of carbonyl (C=O) groups excluding carboxylic acids is 1. The molecule has 146 valence electrons. The predicted molar refractivity (Wildman–Crippen MR) is 100 cm³/mol. The summed E-state index contributed by atoms with van der Waals surface area (Å²) in [6.07, 6.45) is 3.10. The number of sulfonamides is 1. The zero-order valence-electron chi connectivity index (χ0n) is 15.3. The van der Waals surface area contributed by atoms with E-state index in [2.05, 4.69) is 10.0 Å². The largest absolute Gasteiger partial charge is 0.466 e. The van der Waals surface area contributed by atoms with Gasteiger partial charge in [0.2, 0.25) is 15.9 Å². The number of furan rings is 1. The van der Waals surface area contributed by atoms with E-state index in [0.29, 0.717) is 11.4 Å². The Bertz CT molecular complexity index is 887. The van der Waals surface area contributed by atoms with Crippen molar-refractivity contribution in [2.45, 2.75) is 37.2 Å². The first-order valence-electron chi connectivity index (χ1n) is 8.89. The molecule has 0 bridgehead atoms. The fourth-order valence-corrected chi connectivity index (χ4v) is 3.88. The van der Waals surface area contributed by atoms with Crippen molar-refractivity contribution in [1.29, 1.82) is 0 Å². The van der Waals surface area contributed by atoms with Crippen LogP contribution in [0.4, 0.5) is 5.69 Å². The van der Waals surface area contributed by atoms with Crippen LogP contribution in [0, 0.1) is 11.8 Å². The topological polar surface area (TPSA) is 109 Å². The summed E-state index contributed by atoms with van der Waals surface area (Å²) in [5, 5.41) is 13.7. The smallest absolute Gasteiger partial charge is 0.240 e. The van der Waals surface area contributed by atoms with Gasteiger partial charge < -0.3 is 14.8 Å². The maximum absolute atomic E-state index is 12.6. The number of aliphatic hydroxyl groups is 1. The van der Waals surface area contributed by atoms with Gasteiger partial charge in [0.25, 0.3) is 0 Å². The zero-order chi connectivity index (χ0) is 19.7. The standard InChI is InChI=1S/C19H24N2O5S/c1-13(2)18(22)21-15-7-9-16(10-8-15)27(24,25)20-12-19(23,14-5-6-14)17-4-3-11-26-17/h3-4,7-11,13-14,20,23H,5-6,12H2,1-2H3,(H,21,22). The molecular weight excluding hydrogens is 368 g/mol. The van der Waals surface area contributed by atoms with Crippen LogP contribution in [0.25, 0.3) is 0 Å². The maximum Gasteiger partial charge on any atom is 0.240 e. The molecule has 7 nitrogen and oxygen atoms in total. The van der Waals surface area contributed by atoms with Crippen LogP contribution in [0.1, 0.15) is 32.4 Å². The zero-order valence-corrected chi connectivity index (χ0v) is 16.1. The van der Waals surface area contributed by atoms with E-state index in [-0.39, 0.29) is 29.2 Å². The molecule has 1 saturated carbocycles. The highest BCUT2D eigenvalue weighted by Gasteiger charge is 2.47. The third-order valence-corrected chi connectivity index (χ3v) is 6.11. The van der Waals surface area contributed by atoms with Gasteiger partial charge >= 0.3 is 0 Å². The normalized spacial score (nSPS) is 16.9. The number of anilines is 1. The van der Waals surface area contributed by atoms with Gasteiger partial charge in [0.05, 0.1) is 11.2 Å². The molecule has 3 rings (SSSR count). The van der Waals surface area contributed by atoms with Crippen molar-refractivity contribution in [2.24, 2.45) is 11.8 Å². The first-order valence-corrected chi connectivity index (χ1v) is 10.4. The van der Waals surface area contributed by atoms with Crippen molar-refractivity contribution in [3.63, 3.8) is 0 Å². The predicted octanol–water partition coefficient (Wildman–Crippen LogP) is 2.45. The monoisotopic (exact) mass is 392 g/mol. The number of rotatable bonds is 8. The Kier molecular flexibility index (Phi) is 5.41. The van der Waals surface area contributed by atoms with Crippen molar-refractivity contribution < 1.29 is 22.7 Å². The third kappa shape index (κ3) is 4.40. The Labute approximate surface area is 158 Å². The molecule has 0 saturated heterocycles. The fourth-order valence-electron chi connectivity index (χ4n) is 2.81. The van der Waals surface area contributed by atoms with Crippen molar-refractivity contribution >= 4 is 21.6 Å².